The van der Waals surface area contributed by atoms with Gasteiger partial charge in [0.2, 0.25) is 0 Å². The maximum absolute atomic E-state index is 12.7. The molecule has 3 N–H and O–H groups in total. The largest absolute Gasteiger partial charge is 0.457 e. The van der Waals surface area contributed by atoms with E-state index in [-0.39, 0.29) is 46.4 Å². The molecule has 50 heavy (non-hydrogen) atoms. The van der Waals surface area contributed by atoms with Crippen LogP contribution in [-0.4, -0.2) is 94.3 Å². The summed E-state index contributed by atoms with van der Waals surface area (Å²) in [6, 6.07) is 0. The summed E-state index contributed by atoms with van der Waals surface area (Å²) in [6.45, 7) is 17.7. The van der Waals surface area contributed by atoms with Crippen LogP contribution in [0, 0.1) is 50.7 Å². The standard InChI is InChI=1S/C39H60O11/c1-19-16-22-30(34(6,7)44)50-39(49-22)29(19)35(8)14-15-38-18-37(38)13-12-26(33(4,5)24(37)10-11-25(38)36(35,9)32(39)43)48-31-28(47-21(3)41)27(42)23(17-45-31)46-20(2)40/h19,22-32,42-44H,10-18H2,1-9H3. The van der Waals surface area contributed by atoms with Gasteiger partial charge in [0, 0.05) is 25.2 Å². The van der Waals surface area contributed by atoms with Crippen molar-refractivity contribution in [2.75, 3.05) is 6.61 Å². The van der Waals surface area contributed by atoms with Gasteiger partial charge in [-0.1, -0.05) is 34.6 Å². The molecule has 282 valence electrons. The molecule has 0 aromatic heterocycles. The van der Waals surface area contributed by atoms with Crippen molar-refractivity contribution in [3.63, 3.8) is 0 Å². The van der Waals surface area contributed by atoms with Crippen LogP contribution in [0.15, 0.2) is 0 Å². The van der Waals surface area contributed by atoms with E-state index in [0.717, 1.165) is 51.4 Å². The molecular formula is C39H60O11. The van der Waals surface area contributed by atoms with E-state index < -0.39 is 65.6 Å². The fraction of sp³-hybridized carbons (Fsp3) is 0.949. The van der Waals surface area contributed by atoms with Gasteiger partial charge in [0.1, 0.15) is 18.3 Å². The van der Waals surface area contributed by atoms with Gasteiger partial charge in [0.25, 0.3) is 0 Å². The predicted octanol–water partition coefficient (Wildman–Crippen LogP) is 4.26. The Kier molecular flexibility index (Phi) is 7.76. The minimum atomic E-state index is -1.27. The molecule has 3 heterocycles. The monoisotopic (exact) mass is 704 g/mol. The van der Waals surface area contributed by atoms with Gasteiger partial charge in [-0.05, 0) is 105 Å². The van der Waals surface area contributed by atoms with Gasteiger partial charge >= 0.3 is 11.9 Å². The average Bonchev–Trinajstić information content (AvgIpc) is 3.52. The third-order valence-corrected chi connectivity index (χ3v) is 16.5. The smallest absolute Gasteiger partial charge is 0.303 e. The van der Waals surface area contributed by atoms with Crippen LogP contribution in [-0.2, 0) is 38.0 Å². The molecule has 3 spiro atoms. The highest BCUT2D eigenvalue weighted by molar-refractivity contribution is 5.67. The Hall–Kier alpha value is -1.34. The highest BCUT2D eigenvalue weighted by atomic mass is 16.8. The second-order valence-corrected chi connectivity index (χ2v) is 19.4. The Morgan fingerprint density at radius 3 is 2.20 bits per heavy atom. The zero-order chi connectivity index (χ0) is 36.2. The first-order valence-corrected chi connectivity index (χ1v) is 19.3. The molecule has 8 aliphatic rings. The highest BCUT2D eigenvalue weighted by Gasteiger charge is 2.88. The summed E-state index contributed by atoms with van der Waals surface area (Å²) in [5.74, 6) is -1.19. The molecule has 3 aliphatic heterocycles. The second-order valence-electron chi connectivity index (χ2n) is 19.4. The molecule has 11 nitrogen and oxygen atoms in total. The van der Waals surface area contributed by atoms with Gasteiger partial charge in [0.15, 0.2) is 24.3 Å². The summed E-state index contributed by atoms with van der Waals surface area (Å²) >= 11 is 0. The van der Waals surface area contributed by atoms with Crippen LogP contribution in [0.1, 0.15) is 114 Å². The van der Waals surface area contributed by atoms with Gasteiger partial charge in [0.05, 0.1) is 24.4 Å². The molecule has 17 unspecified atom stereocenters. The van der Waals surface area contributed by atoms with Crippen LogP contribution < -0.4 is 0 Å². The lowest BCUT2D eigenvalue weighted by Gasteiger charge is -2.63. The summed E-state index contributed by atoms with van der Waals surface area (Å²) in [5, 5.41) is 35.0. The van der Waals surface area contributed by atoms with Crippen LogP contribution in [0.4, 0.5) is 0 Å². The number of rotatable bonds is 5. The molecule has 3 saturated heterocycles. The molecular weight excluding hydrogens is 644 g/mol. The Morgan fingerprint density at radius 1 is 0.880 bits per heavy atom. The fourth-order valence-electron chi connectivity index (χ4n) is 14.6. The Bertz CT molecular complexity index is 1430. The Balaban J connectivity index is 1.06. The lowest BCUT2D eigenvalue weighted by Crippen LogP contribution is -2.61. The molecule has 0 amide bonds. The van der Waals surface area contributed by atoms with E-state index in [0.29, 0.717) is 17.8 Å². The van der Waals surface area contributed by atoms with Crippen molar-refractivity contribution < 1.29 is 53.3 Å². The molecule has 0 aromatic carbocycles. The van der Waals surface area contributed by atoms with Crippen LogP contribution in [0.5, 0.6) is 0 Å². The third kappa shape index (κ3) is 4.34. The number of aliphatic hydroxyl groups is 3. The number of ether oxygens (including phenoxy) is 6. The van der Waals surface area contributed by atoms with E-state index >= 15 is 0 Å². The maximum atomic E-state index is 12.7. The van der Waals surface area contributed by atoms with Gasteiger partial charge in [-0.15, -0.1) is 0 Å². The van der Waals surface area contributed by atoms with E-state index in [2.05, 4.69) is 34.6 Å². The summed E-state index contributed by atoms with van der Waals surface area (Å²) in [7, 11) is 0. The van der Waals surface area contributed by atoms with Crippen LogP contribution in [0.2, 0.25) is 0 Å². The molecule has 8 fully saturated rings. The van der Waals surface area contributed by atoms with Crippen molar-refractivity contribution in [3.8, 4) is 0 Å². The zero-order valence-corrected chi connectivity index (χ0v) is 31.4. The number of carbonyl (C=O) groups excluding carboxylic acids is 2. The van der Waals surface area contributed by atoms with Gasteiger partial charge < -0.3 is 43.7 Å². The molecule has 8 rings (SSSR count). The van der Waals surface area contributed by atoms with Gasteiger partial charge in [-0.3, -0.25) is 9.59 Å². The van der Waals surface area contributed by atoms with Gasteiger partial charge in [-0.2, -0.15) is 0 Å². The quantitative estimate of drug-likeness (QED) is 0.278. The SMILES string of the molecule is CC(=O)OC1COC(OC2CCC34CC35CCC3(C)C6C(C)CC7OC6(OC7C(C)(C)O)C(O)C3(C)C5CCC4C2(C)C)C(OC(C)=O)C1O. The number of hydrogen-bond acceptors (Lipinski definition) is 11. The van der Waals surface area contributed by atoms with E-state index in [4.69, 9.17) is 28.4 Å². The molecule has 0 radical (unpaired) electrons. The van der Waals surface area contributed by atoms with Crippen LogP contribution in [0.25, 0.3) is 0 Å². The van der Waals surface area contributed by atoms with E-state index in [1.54, 1.807) is 13.8 Å². The molecule has 17 atom stereocenters. The minimum absolute atomic E-state index is 0.0420. The number of carbonyl (C=O) groups is 2. The average molecular weight is 705 g/mol. The van der Waals surface area contributed by atoms with Crippen LogP contribution in [0.3, 0.4) is 0 Å². The molecule has 0 aromatic rings. The first-order valence-electron chi connectivity index (χ1n) is 19.3. The minimum Gasteiger partial charge on any atom is -0.457 e. The number of hydrogen-bond donors (Lipinski definition) is 3. The number of fused-ring (bicyclic) bond motifs is 4. The third-order valence-electron chi connectivity index (χ3n) is 16.5. The normalized spacial score (nSPS) is 55.8. The molecule has 5 saturated carbocycles. The summed E-state index contributed by atoms with van der Waals surface area (Å²) in [6.07, 6.45) is 1.85. The first kappa shape index (κ1) is 35.7. The lowest BCUT2D eigenvalue weighted by molar-refractivity contribution is -0.306. The second kappa shape index (κ2) is 10.9. The van der Waals surface area contributed by atoms with E-state index in [1.165, 1.54) is 13.8 Å². The van der Waals surface area contributed by atoms with Crippen molar-refractivity contribution in [2.24, 2.45) is 50.7 Å². The number of esters is 2. The molecule has 2 bridgehead atoms. The van der Waals surface area contributed by atoms with Gasteiger partial charge in [-0.25, -0.2) is 0 Å². The fourth-order valence-corrected chi connectivity index (χ4v) is 14.6. The van der Waals surface area contributed by atoms with E-state index in [9.17, 15) is 24.9 Å². The van der Waals surface area contributed by atoms with Crippen molar-refractivity contribution >= 4 is 11.9 Å². The number of aliphatic hydroxyl groups excluding tert-OH is 2. The van der Waals surface area contributed by atoms with Crippen molar-refractivity contribution in [2.45, 2.75) is 174 Å². The zero-order valence-electron chi connectivity index (χ0n) is 31.4. The summed E-state index contributed by atoms with van der Waals surface area (Å²) in [4.78, 5) is 23.7. The van der Waals surface area contributed by atoms with Crippen molar-refractivity contribution in [1.29, 1.82) is 0 Å². The Morgan fingerprint density at radius 2 is 1.54 bits per heavy atom. The molecule has 5 aliphatic carbocycles. The predicted molar refractivity (Wildman–Crippen MR) is 178 cm³/mol. The first-order chi connectivity index (χ1) is 23.2. The lowest BCUT2D eigenvalue weighted by atomic mass is 9.41. The van der Waals surface area contributed by atoms with E-state index in [1.807, 2.05) is 0 Å². The molecule has 11 heteroatoms. The topological polar surface area (TPSA) is 150 Å². The Labute approximate surface area is 296 Å². The highest BCUT2D eigenvalue weighted by Crippen LogP contribution is 2.90. The van der Waals surface area contributed by atoms with Crippen molar-refractivity contribution in [1.82, 2.24) is 0 Å². The van der Waals surface area contributed by atoms with Crippen LogP contribution >= 0.6 is 0 Å². The van der Waals surface area contributed by atoms with Crippen molar-refractivity contribution in [3.05, 3.63) is 0 Å². The maximum Gasteiger partial charge on any atom is 0.303 e. The summed E-state index contributed by atoms with van der Waals surface area (Å²) in [5.41, 5.74) is -1.66. The summed E-state index contributed by atoms with van der Waals surface area (Å²) < 4.78 is 37.2.